The molecule has 3 heterocycles. The summed E-state index contributed by atoms with van der Waals surface area (Å²) in [6, 6.07) is 73.1. The van der Waals surface area contributed by atoms with Crippen LogP contribution < -0.4 is 0 Å². The lowest BCUT2D eigenvalue weighted by Gasteiger charge is -2.22. The molecule has 0 spiro atoms. The molecular formula is C146H88O3. The monoisotopic (exact) mass is 1930 g/mol. The minimum absolute atomic E-state index is 0.0260. The van der Waals surface area contributed by atoms with Gasteiger partial charge in [0.25, 0.3) is 0 Å². The molecule has 3 heteroatoms. The van der Waals surface area contributed by atoms with E-state index < -0.39 is 238 Å². The predicted octanol–water partition coefficient (Wildman–Crippen LogP) is 41.9. The Kier molecular flexibility index (Phi) is 12.9. The molecule has 690 valence electrons. The van der Waals surface area contributed by atoms with Gasteiger partial charge in [0, 0.05) is 32.3 Å². The quantitative estimate of drug-likeness (QED) is 0.135. The number of hydrogen-bond acceptors (Lipinski definition) is 3. The van der Waals surface area contributed by atoms with Crippen LogP contribution in [0.3, 0.4) is 0 Å². The highest BCUT2D eigenvalue weighted by Gasteiger charge is 2.28. The summed E-state index contributed by atoms with van der Waals surface area (Å²) < 4.78 is 366. The van der Waals surface area contributed by atoms with Gasteiger partial charge in [-0.15, -0.1) is 0 Å². The first-order valence-electron chi connectivity index (χ1n) is 67.3. The molecule has 0 bridgehead atoms. The lowest BCUT2D eigenvalue weighted by Crippen LogP contribution is -1.94. The molecule has 0 aliphatic rings. The Morgan fingerprint density at radius 3 is 0.859 bits per heavy atom. The molecule has 29 aromatic carbocycles. The van der Waals surface area contributed by atoms with E-state index >= 15 is 0 Å². The normalized spacial score (nSPS) is 15.5. The van der Waals surface area contributed by atoms with E-state index in [9.17, 15) is 20.6 Å². The summed E-state index contributed by atoms with van der Waals surface area (Å²) in [5.74, 6) is 0. The van der Waals surface area contributed by atoms with E-state index in [1.165, 1.54) is 0 Å². The lowest BCUT2D eigenvalue weighted by atomic mass is 9.81. The topological polar surface area (TPSA) is 39.4 Å². The summed E-state index contributed by atoms with van der Waals surface area (Å²) in [6.45, 7) is 0. The molecule has 32 aromatic rings. The maximum atomic E-state index is 9.71. The molecule has 0 N–H and O–H groups in total. The number of hydrogen-bond donors (Lipinski definition) is 0. The van der Waals surface area contributed by atoms with Crippen molar-refractivity contribution >= 4 is 217 Å². The molecule has 3 nitrogen and oxygen atoms in total. The molecule has 0 saturated heterocycles. The van der Waals surface area contributed by atoms with E-state index in [-0.39, 0.29) is 111 Å². The Balaban J connectivity index is 0.000000121. The Hall–Kier alpha value is -19.6. The van der Waals surface area contributed by atoms with Crippen molar-refractivity contribution in [3.8, 4) is 100 Å². The second kappa shape index (κ2) is 34.6. The molecule has 0 saturated carbocycles. The third-order valence-corrected chi connectivity index (χ3v) is 28.8. The number of furan rings is 3. The van der Waals surface area contributed by atoms with Crippen LogP contribution in [0.2, 0.25) is 0 Å². The first-order chi connectivity index (χ1) is 89.7. The van der Waals surface area contributed by atoms with Gasteiger partial charge in [-0.05, 0) is 318 Å². The maximum Gasteiger partial charge on any atom is 0.136 e. The molecule has 32 rings (SSSR count). The van der Waals surface area contributed by atoms with Crippen LogP contribution >= 0.6 is 0 Å². The highest BCUT2D eigenvalue weighted by atomic mass is 16.3. The molecule has 0 radical (unpaired) electrons. The highest BCUT2D eigenvalue weighted by molar-refractivity contribution is 6.31. The molecule has 0 amide bonds. The third-order valence-electron chi connectivity index (χ3n) is 28.8. The third kappa shape index (κ3) is 13.8. The Bertz CT molecular complexity index is 13500. The van der Waals surface area contributed by atoms with E-state index in [0.717, 1.165) is 103 Å². The second-order valence-electron chi connectivity index (χ2n) is 36.7. The van der Waals surface area contributed by atoms with Crippen molar-refractivity contribution in [3.05, 3.63) is 533 Å². The van der Waals surface area contributed by atoms with Crippen LogP contribution in [0, 0.1) is 0 Å². The molecule has 0 fully saturated rings. The largest absolute Gasteiger partial charge is 0.456 e. The van der Waals surface area contributed by atoms with Gasteiger partial charge in [-0.2, -0.15) is 0 Å². The molecular weight excluding hydrogens is 1800 g/mol. The Labute approximate surface area is 910 Å². The van der Waals surface area contributed by atoms with E-state index in [1.54, 1.807) is 30.3 Å². The summed E-state index contributed by atoms with van der Waals surface area (Å²) in [6.07, 6.45) is 0. The molecule has 0 aliphatic heterocycles. The molecule has 149 heavy (non-hydrogen) atoms. The summed E-state index contributed by atoms with van der Waals surface area (Å²) in [7, 11) is 0. The van der Waals surface area contributed by atoms with Crippen LogP contribution in [0.4, 0.5) is 0 Å². The number of rotatable bonds is 9. The number of benzene rings is 29. The van der Waals surface area contributed by atoms with Crippen LogP contribution in [0.1, 0.15) is 52.1 Å². The van der Waals surface area contributed by atoms with Gasteiger partial charge >= 0.3 is 0 Å². The van der Waals surface area contributed by atoms with Crippen LogP contribution in [0.15, 0.2) is 546 Å². The van der Waals surface area contributed by atoms with Gasteiger partial charge in [-0.25, -0.2) is 0 Å². The van der Waals surface area contributed by atoms with Crippen molar-refractivity contribution in [2.45, 2.75) is 0 Å². The van der Waals surface area contributed by atoms with Crippen LogP contribution in [0.25, 0.3) is 317 Å². The first-order valence-corrected chi connectivity index (χ1v) is 48.3. The van der Waals surface area contributed by atoms with Gasteiger partial charge < -0.3 is 13.3 Å². The van der Waals surface area contributed by atoms with E-state index in [4.69, 9.17) is 44.8 Å². The van der Waals surface area contributed by atoms with Gasteiger partial charge in [0.1, 0.15) is 33.5 Å². The minimum atomic E-state index is -0.763. The smallest absolute Gasteiger partial charge is 0.136 e. The zero-order valence-electron chi connectivity index (χ0n) is 116. The zero-order valence-corrected chi connectivity index (χ0v) is 78.1. The second-order valence-corrected chi connectivity index (χ2v) is 36.7. The van der Waals surface area contributed by atoms with Gasteiger partial charge in [0.15, 0.2) is 0 Å². The summed E-state index contributed by atoms with van der Waals surface area (Å²) in [5, 5.41) is 13.0. The molecule has 0 aliphatic carbocycles. The molecule has 0 atom stereocenters. The highest BCUT2D eigenvalue weighted by Crippen LogP contribution is 2.55. The van der Waals surface area contributed by atoms with Gasteiger partial charge in [0.05, 0.1) is 52.1 Å². The van der Waals surface area contributed by atoms with Crippen molar-refractivity contribution in [3.63, 3.8) is 0 Å². The standard InChI is InChI=1S/2C50H30O.C46H28O/c1-4-16-35-31(12-1)15-11-23-39(35)47-40-19-7-9-21-42(40)50(43-22-10-8-20-41(43)47)49-37-18-6-3-13-32(37)24-27-38(49)34-26-28-45-44(30-34)48-36-17-5-2-14-33(36)25-29-46(48)51-45;1-2-14-34-29-36(22-21-31(34)11-1)47-40-17-7-9-19-42(40)50(43-20-10-8-18-41(43)47)49-38-16-6-4-12-32(38)23-26-39(49)35-25-27-45-44(30-35)48-37-15-5-3-13-33(37)24-28-46(48)51-45;1-2-13-31-27-33(22-21-29(31)11-1)44-37-17-7-9-19-39(37)45(40-20-10-8-18-38(40)44)36-16-6-5-14-34(36)32-24-25-42-41(28-32)46-35-15-4-3-12-30(35)23-26-43(46)47-42/h2*1-30H;1-28H/i1D,4D,7D,8D,9D,10D,11D,12D,15D,16D,19D,20D,21D,22D,23D;7D,8D,9D,10D,17D,18D,19D,20D;1D,2D,7D,8D,9D,10D,11D,13D,17D,18D,19D,20D,21D,22D,27D. The van der Waals surface area contributed by atoms with E-state index in [2.05, 4.69) is 18.2 Å². The van der Waals surface area contributed by atoms with E-state index in [0.29, 0.717) is 94.3 Å². The zero-order chi connectivity index (χ0) is 131. The van der Waals surface area contributed by atoms with Gasteiger partial charge in [-0.1, -0.05) is 466 Å². The van der Waals surface area contributed by atoms with Crippen molar-refractivity contribution < 1.29 is 65.3 Å². The van der Waals surface area contributed by atoms with Gasteiger partial charge in [0.2, 0.25) is 0 Å². The lowest BCUT2D eigenvalue weighted by molar-refractivity contribution is 0.669. The van der Waals surface area contributed by atoms with Crippen LogP contribution in [-0.4, -0.2) is 0 Å². The van der Waals surface area contributed by atoms with Crippen molar-refractivity contribution in [2.24, 2.45) is 0 Å². The first kappa shape index (κ1) is 55.3. The average Bonchev–Trinajstić information content (AvgIpc) is 1.31. The SMILES string of the molecule is [2H]c1c([2H])c([2H])c2c(-c3c(-c4ccc5oc6ccc7ccccc7c6c5c4)ccc4ccccc34)c3c([2H])c([2H])c([2H])c([2H])c3c(-c3ccc4ccccc4c3)c2c1[2H].[2H]c1c([2H])c([2H])c2c(-c3c4c([2H])c([2H])c([2H])c([2H])c4c(-c4c(-c5ccc6oc7ccc8ccccc8c7c6c5)ccc5ccccc45)c4c([2H])c([2H])c([2H])c([2H])c34)c([2H])c([2H])c([2H])c2c1[2H].[2H]c1c([2H])c([2H])c2c([2H])c(-c3c4c([2H])c([2H])c([2H])c([2H])c4c(-c4ccccc4-c4ccc5oc6ccc7ccccc7c6c5c4)c4c([2H])c([2H])c([2H])c([2H])c34)c([2H])c([2H])c2c1[2H]. The molecule has 0 unspecified atom stereocenters. The minimum Gasteiger partial charge on any atom is -0.456 e. The van der Waals surface area contributed by atoms with Crippen LogP contribution in [-0.2, 0) is 0 Å². The fourth-order valence-corrected chi connectivity index (χ4v) is 22.3. The number of fused-ring (bicyclic) bond motifs is 26. The summed E-state index contributed by atoms with van der Waals surface area (Å²) in [4.78, 5) is 0. The van der Waals surface area contributed by atoms with Crippen molar-refractivity contribution in [2.75, 3.05) is 0 Å². The Morgan fingerprint density at radius 2 is 0.423 bits per heavy atom. The van der Waals surface area contributed by atoms with Crippen molar-refractivity contribution in [1.82, 2.24) is 0 Å². The fraction of sp³-hybridized carbons (Fsp3) is 0. The Morgan fingerprint density at radius 1 is 0.128 bits per heavy atom. The van der Waals surface area contributed by atoms with Crippen molar-refractivity contribution in [1.29, 1.82) is 0 Å². The summed E-state index contributed by atoms with van der Waals surface area (Å²) in [5.41, 5.74) is 8.81. The predicted molar refractivity (Wildman–Crippen MR) is 635 cm³/mol. The van der Waals surface area contributed by atoms with Crippen LogP contribution in [0.5, 0.6) is 0 Å². The summed E-state index contributed by atoms with van der Waals surface area (Å²) >= 11 is 0. The maximum absolute atomic E-state index is 9.71. The fourth-order valence-electron chi connectivity index (χ4n) is 22.3. The molecule has 3 aromatic heterocycles. The average molecular weight is 1930 g/mol. The van der Waals surface area contributed by atoms with E-state index in [1.807, 2.05) is 255 Å². The van der Waals surface area contributed by atoms with Gasteiger partial charge in [-0.3, -0.25) is 0 Å².